The van der Waals surface area contributed by atoms with E-state index in [2.05, 4.69) is 5.32 Å². The van der Waals surface area contributed by atoms with Gasteiger partial charge in [0.15, 0.2) is 0 Å². The molecule has 1 fully saturated rings. The van der Waals surface area contributed by atoms with E-state index in [-0.39, 0.29) is 24.4 Å². The second-order valence-electron chi connectivity index (χ2n) is 4.36. The Kier molecular flexibility index (Phi) is 3.50. The number of methoxy groups -OCH3 is 1. The van der Waals surface area contributed by atoms with E-state index in [9.17, 15) is 9.59 Å². The van der Waals surface area contributed by atoms with Crippen molar-refractivity contribution >= 4 is 11.8 Å². The summed E-state index contributed by atoms with van der Waals surface area (Å²) < 4.78 is 5.15. The number of carbonyl (C=O) groups is 2. The molecule has 2 amide bonds. The maximum Gasteiger partial charge on any atom is 0.318 e. The molecule has 0 spiro atoms. The van der Waals surface area contributed by atoms with Crippen molar-refractivity contribution in [3.05, 3.63) is 29.8 Å². The third-order valence-electron chi connectivity index (χ3n) is 2.90. The first-order valence-corrected chi connectivity index (χ1v) is 5.79. The molecule has 1 heterocycles. The summed E-state index contributed by atoms with van der Waals surface area (Å²) in [5, 5.41) is 2.86. The predicted molar refractivity (Wildman–Crippen MR) is 66.5 cm³/mol. The summed E-state index contributed by atoms with van der Waals surface area (Å²) in [4.78, 5) is 24.2. The van der Waals surface area contributed by atoms with Crippen LogP contribution >= 0.6 is 0 Å². The first-order chi connectivity index (χ1) is 8.60. The Labute approximate surface area is 106 Å². The Morgan fingerprint density at radius 1 is 1.56 bits per heavy atom. The molecule has 1 N–H and O–H groups in total. The number of amides is 2. The van der Waals surface area contributed by atoms with Crippen molar-refractivity contribution in [2.75, 3.05) is 20.2 Å². The molecule has 5 heteroatoms. The molecule has 18 heavy (non-hydrogen) atoms. The van der Waals surface area contributed by atoms with E-state index in [4.69, 9.17) is 4.74 Å². The van der Waals surface area contributed by atoms with Crippen LogP contribution in [-0.4, -0.2) is 36.9 Å². The monoisotopic (exact) mass is 248 g/mol. The molecule has 1 aromatic rings. The summed E-state index contributed by atoms with van der Waals surface area (Å²) in [6, 6.07) is 7.28. The molecular weight excluding hydrogens is 232 g/mol. The van der Waals surface area contributed by atoms with E-state index < -0.39 is 0 Å². The number of hydrogen-bond acceptors (Lipinski definition) is 3. The minimum atomic E-state index is -0.196. The number of rotatable bonds is 4. The van der Waals surface area contributed by atoms with Crippen molar-refractivity contribution in [1.29, 1.82) is 0 Å². The van der Waals surface area contributed by atoms with Crippen LogP contribution in [0.5, 0.6) is 5.75 Å². The van der Waals surface area contributed by atoms with Crippen molar-refractivity contribution < 1.29 is 14.3 Å². The lowest BCUT2D eigenvalue weighted by Crippen LogP contribution is -2.32. The van der Waals surface area contributed by atoms with E-state index in [1.54, 1.807) is 7.11 Å². The van der Waals surface area contributed by atoms with Crippen molar-refractivity contribution in [3.8, 4) is 5.75 Å². The van der Waals surface area contributed by atoms with Crippen LogP contribution < -0.4 is 10.1 Å². The summed E-state index contributed by atoms with van der Waals surface area (Å²) in [5.74, 6) is 0.739. The standard InChI is InChI=1S/C13H16N2O3/c1-9(16)7-15-8-12(14-13(15)17)10-4-3-5-11(6-10)18-2/h3-6,12H,7-8H2,1-2H3,(H,14,17). The summed E-state index contributed by atoms with van der Waals surface area (Å²) in [7, 11) is 1.61. The molecule has 0 saturated carbocycles. The van der Waals surface area contributed by atoms with Gasteiger partial charge in [-0.3, -0.25) is 4.79 Å². The Hall–Kier alpha value is -2.04. The number of hydrogen-bond donors (Lipinski definition) is 1. The number of Topliss-reactive ketones (excluding diaryl/α,β-unsaturated/α-hetero) is 1. The average Bonchev–Trinajstić information content (AvgIpc) is 2.70. The van der Waals surface area contributed by atoms with Gasteiger partial charge < -0.3 is 15.0 Å². The Morgan fingerprint density at radius 2 is 2.33 bits per heavy atom. The summed E-state index contributed by atoms with van der Waals surface area (Å²) in [6.07, 6.45) is 0. The number of nitrogens with one attached hydrogen (secondary N) is 1. The number of ketones is 1. The highest BCUT2D eigenvalue weighted by Crippen LogP contribution is 2.23. The van der Waals surface area contributed by atoms with E-state index in [1.807, 2.05) is 24.3 Å². The van der Waals surface area contributed by atoms with Gasteiger partial charge in [0.05, 0.1) is 19.7 Å². The minimum Gasteiger partial charge on any atom is -0.497 e. The summed E-state index contributed by atoms with van der Waals surface area (Å²) in [5.41, 5.74) is 0.980. The van der Waals surface area contributed by atoms with Gasteiger partial charge in [-0.15, -0.1) is 0 Å². The molecule has 5 nitrogen and oxygen atoms in total. The third-order valence-corrected chi connectivity index (χ3v) is 2.90. The lowest BCUT2D eigenvalue weighted by atomic mass is 10.1. The fourth-order valence-corrected chi connectivity index (χ4v) is 2.04. The van der Waals surface area contributed by atoms with Crippen LogP contribution in [0.4, 0.5) is 4.79 Å². The molecule has 1 aliphatic heterocycles. The molecule has 1 aliphatic rings. The largest absolute Gasteiger partial charge is 0.497 e. The Morgan fingerprint density at radius 3 is 3.00 bits per heavy atom. The van der Waals surface area contributed by atoms with Gasteiger partial charge in [0, 0.05) is 6.54 Å². The van der Waals surface area contributed by atoms with Crippen LogP contribution in [0.1, 0.15) is 18.5 Å². The molecule has 96 valence electrons. The molecule has 1 saturated heterocycles. The molecule has 0 aliphatic carbocycles. The lowest BCUT2D eigenvalue weighted by Gasteiger charge is -2.13. The summed E-state index contributed by atoms with van der Waals surface area (Å²) in [6.45, 7) is 2.14. The van der Waals surface area contributed by atoms with Gasteiger partial charge in [0.2, 0.25) is 0 Å². The number of ether oxygens (including phenoxy) is 1. The van der Waals surface area contributed by atoms with Gasteiger partial charge in [-0.05, 0) is 24.6 Å². The van der Waals surface area contributed by atoms with Crippen molar-refractivity contribution in [2.45, 2.75) is 13.0 Å². The van der Waals surface area contributed by atoms with Gasteiger partial charge in [-0.1, -0.05) is 12.1 Å². The molecule has 1 atom stereocenters. The molecule has 0 bridgehead atoms. The third kappa shape index (κ3) is 2.61. The zero-order valence-corrected chi connectivity index (χ0v) is 10.5. The normalized spacial score (nSPS) is 18.7. The first-order valence-electron chi connectivity index (χ1n) is 5.79. The molecule has 2 rings (SSSR count). The molecule has 1 aromatic carbocycles. The second kappa shape index (κ2) is 5.08. The van der Waals surface area contributed by atoms with Crippen LogP contribution in [-0.2, 0) is 4.79 Å². The van der Waals surface area contributed by atoms with Gasteiger partial charge in [0.25, 0.3) is 0 Å². The van der Waals surface area contributed by atoms with Crippen LogP contribution in [0.2, 0.25) is 0 Å². The van der Waals surface area contributed by atoms with Crippen LogP contribution in [0, 0.1) is 0 Å². The number of nitrogens with zero attached hydrogens (tertiary/aromatic N) is 1. The SMILES string of the molecule is COc1cccc(C2CN(CC(C)=O)C(=O)N2)c1. The fraction of sp³-hybridized carbons (Fsp3) is 0.385. The van der Waals surface area contributed by atoms with Crippen molar-refractivity contribution in [1.82, 2.24) is 10.2 Å². The van der Waals surface area contributed by atoms with Crippen molar-refractivity contribution in [2.24, 2.45) is 0 Å². The zero-order chi connectivity index (χ0) is 13.1. The molecule has 0 aromatic heterocycles. The van der Waals surface area contributed by atoms with E-state index in [0.29, 0.717) is 6.54 Å². The van der Waals surface area contributed by atoms with Crippen LogP contribution in [0.3, 0.4) is 0 Å². The van der Waals surface area contributed by atoms with Crippen molar-refractivity contribution in [3.63, 3.8) is 0 Å². The Balaban J connectivity index is 2.11. The van der Waals surface area contributed by atoms with Crippen LogP contribution in [0.15, 0.2) is 24.3 Å². The molecule has 0 radical (unpaired) electrons. The number of benzene rings is 1. The van der Waals surface area contributed by atoms with E-state index in [1.165, 1.54) is 11.8 Å². The summed E-state index contributed by atoms with van der Waals surface area (Å²) >= 11 is 0. The topological polar surface area (TPSA) is 58.6 Å². The predicted octanol–water partition coefficient (Wildman–Crippen LogP) is 1.35. The lowest BCUT2D eigenvalue weighted by molar-refractivity contribution is -0.117. The highest BCUT2D eigenvalue weighted by atomic mass is 16.5. The quantitative estimate of drug-likeness (QED) is 0.875. The van der Waals surface area contributed by atoms with Gasteiger partial charge in [-0.2, -0.15) is 0 Å². The highest BCUT2D eigenvalue weighted by molar-refractivity contribution is 5.85. The van der Waals surface area contributed by atoms with Gasteiger partial charge in [0.1, 0.15) is 11.5 Å². The van der Waals surface area contributed by atoms with Crippen LogP contribution in [0.25, 0.3) is 0 Å². The van der Waals surface area contributed by atoms with E-state index in [0.717, 1.165) is 11.3 Å². The van der Waals surface area contributed by atoms with Gasteiger partial charge >= 0.3 is 6.03 Å². The van der Waals surface area contributed by atoms with E-state index >= 15 is 0 Å². The highest BCUT2D eigenvalue weighted by Gasteiger charge is 2.30. The molecular formula is C13H16N2O3. The first kappa shape index (κ1) is 12.4. The second-order valence-corrected chi connectivity index (χ2v) is 4.36. The fourth-order valence-electron chi connectivity index (χ4n) is 2.04. The number of carbonyl (C=O) groups excluding carboxylic acids is 2. The average molecular weight is 248 g/mol. The maximum atomic E-state index is 11.7. The number of urea groups is 1. The van der Waals surface area contributed by atoms with Gasteiger partial charge in [-0.25, -0.2) is 4.79 Å². The molecule has 1 unspecified atom stereocenters. The minimum absolute atomic E-state index is 0.0172. The smallest absolute Gasteiger partial charge is 0.318 e. The maximum absolute atomic E-state index is 11.7. The Bertz CT molecular complexity index is 473. The zero-order valence-electron chi connectivity index (χ0n) is 10.5.